The molecular formula is C11H18Cl2N4O2S. The molecule has 1 aromatic rings. The molecule has 114 valence electrons. The normalized spacial score (nSPS) is 18.9. The Morgan fingerprint density at radius 2 is 2.20 bits per heavy atom. The van der Waals surface area contributed by atoms with E-state index >= 15 is 0 Å². The Bertz CT molecular complexity index is 444. The minimum Gasteiger partial charge on any atom is -0.368 e. The molecule has 4 N–H and O–H groups in total. The predicted molar refractivity (Wildman–Crippen MR) is 82.2 cm³/mol. The van der Waals surface area contributed by atoms with E-state index in [1.165, 1.54) is 16.2 Å². The number of likely N-dealkylation sites (tertiary alicyclic amines) is 1. The van der Waals surface area contributed by atoms with E-state index in [0.717, 1.165) is 12.1 Å². The summed E-state index contributed by atoms with van der Waals surface area (Å²) in [6, 6.07) is -1.16. The van der Waals surface area contributed by atoms with Crippen LogP contribution in [0.15, 0.2) is 10.9 Å². The summed E-state index contributed by atoms with van der Waals surface area (Å²) in [5.41, 5.74) is 13.7. The lowest BCUT2D eigenvalue weighted by atomic mass is 10.1. The first-order valence-corrected chi connectivity index (χ1v) is 6.76. The Balaban J connectivity index is 0.00000180. The fourth-order valence-electron chi connectivity index (χ4n) is 2.19. The van der Waals surface area contributed by atoms with Gasteiger partial charge in [0.1, 0.15) is 6.04 Å². The zero-order valence-corrected chi connectivity index (χ0v) is 13.2. The summed E-state index contributed by atoms with van der Waals surface area (Å²) in [5.74, 6) is -0.675. The summed E-state index contributed by atoms with van der Waals surface area (Å²) in [6.07, 6.45) is 1.82. The first-order chi connectivity index (χ1) is 8.59. The fraction of sp³-hybridized carbons (Fsp3) is 0.545. The Hall–Kier alpha value is -0.890. The average Bonchev–Trinajstić information content (AvgIpc) is 2.97. The zero-order valence-electron chi connectivity index (χ0n) is 10.7. The van der Waals surface area contributed by atoms with Gasteiger partial charge in [-0.2, -0.15) is 0 Å². The molecule has 2 amide bonds. The summed E-state index contributed by atoms with van der Waals surface area (Å²) in [5, 5.41) is 1.86. The number of aromatic nitrogens is 1. The van der Waals surface area contributed by atoms with E-state index in [1.54, 1.807) is 5.51 Å². The molecule has 1 aliphatic heterocycles. The quantitative estimate of drug-likeness (QED) is 0.824. The summed E-state index contributed by atoms with van der Waals surface area (Å²) in [4.78, 5) is 29.0. The van der Waals surface area contributed by atoms with Crippen molar-refractivity contribution in [2.45, 2.75) is 31.3 Å². The second-order valence-electron chi connectivity index (χ2n) is 4.38. The number of hydrogen-bond acceptors (Lipinski definition) is 5. The van der Waals surface area contributed by atoms with E-state index in [-0.39, 0.29) is 30.7 Å². The van der Waals surface area contributed by atoms with Crippen LogP contribution in [0.5, 0.6) is 0 Å². The lowest BCUT2D eigenvalue weighted by molar-refractivity contribution is -0.138. The molecule has 0 bridgehead atoms. The molecule has 1 aliphatic rings. The minimum atomic E-state index is -0.660. The molecule has 0 aliphatic carbocycles. The number of nitrogens with zero attached hydrogens (tertiary/aromatic N) is 2. The number of hydrogen-bond donors (Lipinski definition) is 2. The molecule has 0 saturated carbocycles. The van der Waals surface area contributed by atoms with Gasteiger partial charge in [0.25, 0.3) is 0 Å². The van der Waals surface area contributed by atoms with Gasteiger partial charge in [-0.15, -0.1) is 36.2 Å². The second-order valence-corrected chi connectivity index (χ2v) is 5.10. The Morgan fingerprint density at radius 1 is 1.50 bits per heavy atom. The average molecular weight is 341 g/mol. The number of carbonyl (C=O) groups excluding carboxylic acids is 2. The van der Waals surface area contributed by atoms with Crippen LogP contribution in [0.25, 0.3) is 0 Å². The Labute approximate surface area is 133 Å². The summed E-state index contributed by atoms with van der Waals surface area (Å²) < 4.78 is 0. The van der Waals surface area contributed by atoms with Crippen molar-refractivity contribution in [3.05, 3.63) is 16.6 Å². The minimum absolute atomic E-state index is 0. The number of nitrogens with two attached hydrogens (primary N) is 2. The van der Waals surface area contributed by atoms with Crippen molar-refractivity contribution < 1.29 is 9.59 Å². The van der Waals surface area contributed by atoms with E-state index in [0.29, 0.717) is 19.4 Å². The van der Waals surface area contributed by atoms with Crippen molar-refractivity contribution in [3.8, 4) is 0 Å². The van der Waals surface area contributed by atoms with E-state index in [4.69, 9.17) is 11.5 Å². The largest absolute Gasteiger partial charge is 0.368 e. The fourth-order valence-corrected chi connectivity index (χ4v) is 2.76. The standard InChI is InChI=1S/C11H16N4O2S.2ClH/c12-8(4-7-5-18-6-14-7)11(17)15-3-1-2-9(15)10(13)16;;/h5-6,8-9H,1-4,12H2,(H2,13,16);2*1H/t8-,9-;;/m0../s1. The van der Waals surface area contributed by atoms with Gasteiger partial charge in [-0.25, -0.2) is 4.98 Å². The van der Waals surface area contributed by atoms with Crippen LogP contribution >= 0.6 is 36.2 Å². The van der Waals surface area contributed by atoms with E-state index in [2.05, 4.69) is 4.98 Å². The molecule has 9 heteroatoms. The third-order valence-electron chi connectivity index (χ3n) is 3.09. The number of carbonyl (C=O) groups is 2. The van der Waals surface area contributed by atoms with Crippen molar-refractivity contribution in [1.29, 1.82) is 0 Å². The number of rotatable bonds is 4. The molecule has 0 aromatic carbocycles. The predicted octanol–water partition coefficient (Wildman–Crippen LogP) is 0.333. The van der Waals surface area contributed by atoms with Crippen LogP contribution in [0.2, 0.25) is 0 Å². The highest BCUT2D eigenvalue weighted by atomic mass is 35.5. The van der Waals surface area contributed by atoms with Gasteiger partial charge in [0, 0.05) is 18.3 Å². The molecule has 1 aromatic heterocycles. The molecule has 6 nitrogen and oxygen atoms in total. The Morgan fingerprint density at radius 3 is 2.75 bits per heavy atom. The highest BCUT2D eigenvalue weighted by Gasteiger charge is 2.34. The molecule has 2 atom stereocenters. The van der Waals surface area contributed by atoms with Crippen LogP contribution in [-0.2, 0) is 16.0 Å². The molecule has 1 saturated heterocycles. The first-order valence-electron chi connectivity index (χ1n) is 5.82. The first kappa shape index (κ1) is 19.1. The van der Waals surface area contributed by atoms with Crippen LogP contribution in [0.4, 0.5) is 0 Å². The Kier molecular flexibility index (Phi) is 8.03. The van der Waals surface area contributed by atoms with Crippen molar-refractivity contribution >= 4 is 48.0 Å². The summed E-state index contributed by atoms with van der Waals surface area (Å²) in [7, 11) is 0. The highest BCUT2D eigenvalue weighted by Crippen LogP contribution is 2.18. The molecular weight excluding hydrogens is 323 g/mol. The lowest BCUT2D eigenvalue weighted by Crippen LogP contribution is -2.50. The van der Waals surface area contributed by atoms with Gasteiger partial charge in [0.2, 0.25) is 11.8 Å². The maximum Gasteiger partial charge on any atom is 0.240 e. The van der Waals surface area contributed by atoms with Crippen LogP contribution < -0.4 is 11.5 Å². The van der Waals surface area contributed by atoms with Gasteiger partial charge in [-0.1, -0.05) is 0 Å². The smallest absolute Gasteiger partial charge is 0.240 e. The number of thiazole rings is 1. The van der Waals surface area contributed by atoms with Gasteiger partial charge in [-0.05, 0) is 12.8 Å². The third-order valence-corrected chi connectivity index (χ3v) is 3.73. The number of primary amides is 1. The zero-order chi connectivity index (χ0) is 13.1. The maximum atomic E-state index is 12.2. The highest BCUT2D eigenvalue weighted by molar-refractivity contribution is 7.07. The van der Waals surface area contributed by atoms with Gasteiger partial charge in [0.05, 0.1) is 17.2 Å². The van der Waals surface area contributed by atoms with E-state index in [1.807, 2.05) is 5.38 Å². The monoisotopic (exact) mass is 340 g/mol. The molecule has 2 rings (SSSR count). The molecule has 1 fully saturated rings. The molecule has 0 unspecified atom stereocenters. The van der Waals surface area contributed by atoms with Gasteiger partial charge < -0.3 is 16.4 Å². The second kappa shape index (κ2) is 8.41. The lowest BCUT2D eigenvalue weighted by Gasteiger charge is -2.25. The molecule has 2 heterocycles. The van der Waals surface area contributed by atoms with Gasteiger partial charge in [0.15, 0.2) is 0 Å². The number of amides is 2. The topological polar surface area (TPSA) is 102 Å². The maximum absolute atomic E-state index is 12.2. The molecule has 20 heavy (non-hydrogen) atoms. The van der Waals surface area contributed by atoms with Crippen molar-refractivity contribution in [1.82, 2.24) is 9.88 Å². The number of halogens is 2. The summed E-state index contributed by atoms with van der Waals surface area (Å²) in [6.45, 7) is 0.553. The third kappa shape index (κ3) is 4.31. The molecule has 0 spiro atoms. The van der Waals surface area contributed by atoms with Crippen molar-refractivity contribution in [3.63, 3.8) is 0 Å². The van der Waals surface area contributed by atoms with Crippen LogP contribution in [-0.4, -0.2) is 40.3 Å². The van der Waals surface area contributed by atoms with Gasteiger partial charge in [-0.3, -0.25) is 9.59 Å². The van der Waals surface area contributed by atoms with Crippen LogP contribution in [0.1, 0.15) is 18.5 Å². The van der Waals surface area contributed by atoms with Crippen LogP contribution in [0.3, 0.4) is 0 Å². The van der Waals surface area contributed by atoms with Crippen LogP contribution in [0, 0.1) is 0 Å². The van der Waals surface area contributed by atoms with Gasteiger partial charge >= 0.3 is 0 Å². The van der Waals surface area contributed by atoms with Crippen molar-refractivity contribution in [2.24, 2.45) is 11.5 Å². The van der Waals surface area contributed by atoms with Crippen molar-refractivity contribution in [2.75, 3.05) is 6.54 Å². The van der Waals surface area contributed by atoms with E-state index < -0.39 is 18.0 Å². The SMILES string of the molecule is Cl.Cl.NC(=O)[C@@H]1CCCN1C(=O)[C@@H](N)Cc1cscn1. The van der Waals surface area contributed by atoms with E-state index in [9.17, 15) is 9.59 Å². The summed E-state index contributed by atoms with van der Waals surface area (Å²) >= 11 is 1.47. The molecule has 0 radical (unpaired) electrons.